The second kappa shape index (κ2) is 42.3. The molecule has 0 aromatic carbocycles. The molecule has 6 heteroatoms. The standard InChI is InChI=1S/C47H83NO5/c1-3-5-7-9-11-13-15-17-21-25-29-33-37-41-47(52)53-42-38-34-30-26-22-19-16-18-20-24-28-32-36-40-46(51)48-44(43-49)45(50)39-35-31-27-23-14-12-10-8-6-4-2/h7,9,13,15,18,20,28,32,35,39,44-45,49-50H,3-6,8,10-12,14,16-17,19,21-27,29-31,33-34,36-38,40-43H2,1-2H3,(H,48,51)/b9-7-,15-13-,20-18-,32-28-,39-35+. The summed E-state index contributed by atoms with van der Waals surface area (Å²) in [4.78, 5) is 24.3. The molecule has 0 aromatic rings. The van der Waals surface area contributed by atoms with Crippen LogP contribution in [-0.4, -0.2) is 47.4 Å². The van der Waals surface area contributed by atoms with Crippen molar-refractivity contribution < 1.29 is 24.5 Å². The maximum absolute atomic E-state index is 12.3. The number of unbranched alkanes of at least 4 members (excludes halogenated alkanes) is 20. The van der Waals surface area contributed by atoms with E-state index in [9.17, 15) is 19.8 Å². The highest BCUT2D eigenvalue weighted by atomic mass is 16.5. The molecule has 53 heavy (non-hydrogen) atoms. The summed E-state index contributed by atoms with van der Waals surface area (Å²) in [7, 11) is 0. The van der Waals surface area contributed by atoms with E-state index in [0.29, 0.717) is 25.9 Å². The van der Waals surface area contributed by atoms with E-state index in [2.05, 4.69) is 61.7 Å². The average molecular weight is 742 g/mol. The number of allylic oxidation sites excluding steroid dienone is 9. The van der Waals surface area contributed by atoms with Gasteiger partial charge in [-0.05, 0) is 77.0 Å². The van der Waals surface area contributed by atoms with Gasteiger partial charge < -0.3 is 20.3 Å². The Hall–Kier alpha value is -2.44. The monoisotopic (exact) mass is 742 g/mol. The lowest BCUT2D eigenvalue weighted by molar-refractivity contribution is -0.143. The fraction of sp³-hybridized carbons (Fsp3) is 0.745. The highest BCUT2D eigenvalue weighted by Crippen LogP contribution is 2.12. The molecule has 1 amide bonds. The van der Waals surface area contributed by atoms with E-state index in [1.165, 1.54) is 103 Å². The average Bonchev–Trinajstić information content (AvgIpc) is 3.16. The molecule has 0 aliphatic rings. The Balaban J connectivity index is 3.62. The van der Waals surface area contributed by atoms with E-state index in [1.807, 2.05) is 12.2 Å². The van der Waals surface area contributed by atoms with Crippen molar-refractivity contribution in [3.05, 3.63) is 60.8 Å². The molecular weight excluding hydrogens is 659 g/mol. The lowest BCUT2D eigenvalue weighted by Crippen LogP contribution is -2.45. The molecule has 0 saturated heterocycles. The second-order valence-corrected chi connectivity index (χ2v) is 14.7. The number of nitrogens with one attached hydrogen (secondary N) is 1. The van der Waals surface area contributed by atoms with Crippen LogP contribution in [0.25, 0.3) is 0 Å². The van der Waals surface area contributed by atoms with Crippen LogP contribution in [0.15, 0.2) is 60.8 Å². The fourth-order valence-corrected chi connectivity index (χ4v) is 6.07. The minimum absolute atomic E-state index is 0.0359. The van der Waals surface area contributed by atoms with Crippen LogP contribution in [0.2, 0.25) is 0 Å². The molecule has 0 rings (SSSR count). The van der Waals surface area contributed by atoms with Crippen LogP contribution >= 0.6 is 0 Å². The van der Waals surface area contributed by atoms with Gasteiger partial charge in [0.1, 0.15) is 0 Å². The Morgan fingerprint density at radius 1 is 0.528 bits per heavy atom. The first-order chi connectivity index (χ1) is 26.0. The number of rotatable bonds is 39. The number of amides is 1. The lowest BCUT2D eigenvalue weighted by atomic mass is 10.1. The predicted octanol–water partition coefficient (Wildman–Crippen LogP) is 12.5. The Morgan fingerprint density at radius 3 is 1.55 bits per heavy atom. The summed E-state index contributed by atoms with van der Waals surface area (Å²) in [6.07, 6.45) is 52.2. The van der Waals surface area contributed by atoms with Gasteiger partial charge in [-0.3, -0.25) is 9.59 Å². The topological polar surface area (TPSA) is 95.9 Å². The van der Waals surface area contributed by atoms with Gasteiger partial charge >= 0.3 is 5.97 Å². The highest BCUT2D eigenvalue weighted by Gasteiger charge is 2.17. The predicted molar refractivity (Wildman–Crippen MR) is 227 cm³/mol. The summed E-state index contributed by atoms with van der Waals surface area (Å²) < 4.78 is 5.42. The number of aliphatic hydroxyl groups is 2. The van der Waals surface area contributed by atoms with Gasteiger partial charge in [0, 0.05) is 12.8 Å². The molecule has 0 bridgehead atoms. The van der Waals surface area contributed by atoms with Crippen LogP contribution < -0.4 is 5.32 Å². The Kier molecular flexibility index (Phi) is 40.4. The zero-order chi connectivity index (χ0) is 38.7. The largest absolute Gasteiger partial charge is 0.466 e. The number of ether oxygens (including phenoxy) is 1. The smallest absolute Gasteiger partial charge is 0.305 e. The van der Waals surface area contributed by atoms with E-state index in [0.717, 1.165) is 64.2 Å². The van der Waals surface area contributed by atoms with Crippen LogP contribution in [0.4, 0.5) is 0 Å². The van der Waals surface area contributed by atoms with Crippen LogP contribution in [0.5, 0.6) is 0 Å². The number of esters is 1. The van der Waals surface area contributed by atoms with Crippen LogP contribution in [0, 0.1) is 0 Å². The van der Waals surface area contributed by atoms with Crippen molar-refractivity contribution >= 4 is 11.9 Å². The summed E-state index contributed by atoms with van der Waals surface area (Å²) in [6, 6.07) is -0.671. The molecule has 0 saturated carbocycles. The van der Waals surface area contributed by atoms with E-state index < -0.39 is 12.1 Å². The molecule has 0 fully saturated rings. The molecule has 6 nitrogen and oxygen atoms in total. The second-order valence-electron chi connectivity index (χ2n) is 14.7. The molecule has 2 atom stereocenters. The minimum Gasteiger partial charge on any atom is -0.466 e. The summed E-state index contributed by atoms with van der Waals surface area (Å²) >= 11 is 0. The van der Waals surface area contributed by atoms with Gasteiger partial charge in [-0.15, -0.1) is 0 Å². The van der Waals surface area contributed by atoms with Crippen molar-refractivity contribution in [1.82, 2.24) is 5.32 Å². The first kappa shape index (κ1) is 50.6. The molecule has 0 spiro atoms. The Morgan fingerprint density at radius 2 is 1.00 bits per heavy atom. The normalized spacial score (nSPS) is 13.4. The van der Waals surface area contributed by atoms with Crippen LogP contribution in [0.3, 0.4) is 0 Å². The van der Waals surface area contributed by atoms with Gasteiger partial charge in [0.15, 0.2) is 0 Å². The van der Waals surface area contributed by atoms with E-state index >= 15 is 0 Å². The van der Waals surface area contributed by atoms with E-state index in [1.54, 1.807) is 6.08 Å². The van der Waals surface area contributed by atoms with Crippen molar-refractivity contribution in [3.63, 3.8) is 0 Å². The van der Waals surface area contributed by atoms with Crippen molar-refractivity contribution in [2.24, 2.45) is 0 Å². The van der Waals surface area contributed by atoms with Crippen molar-refractivity contribution in [2.75, 3.05) is 13.2 Å². The van der Waals surface area contributed by atoms with Gasteiger partial charge in [0.2, 0.25) is 5.91 Å². The number of aliphatic hydroxyl groups excluding tert-OH is 2. The third kappa shape index (κ3) is 39.1. The maximum atomic E-state index is 12.3. The minimum atomic E-state index is -0.878. The van der Waals surface area contributed by atoms with Gasteiger partial charge in [-0.25, -0.2) is 0 Å². The highest BCUT2D eigenvalue weighted by molar-refractivity contribution is 5.76. The SMILES string of the molecule is CCC/C=C\C/C=C\CCCCCCCC(=O)OCCCCCCCC/C=C\C/C=C\CCC(=O)NC(CO)C(O)/C=C/CCCCCCCCCC. The third-order valence-electron chi connectivity index (χ3n) is 9.50. The zero-order valence-corrected chi connectivity index (χ0v) is 34.5. The zero-order valence-electron chi connectivity index (χ0n) is 34.5. The molecule has 3 N–H and O–H groups in total. The van der Waals surface area contributed by atoms with Gasteiger partial charge in [0.25, 0.3) is 0 Å². The van der Waals surface area contributed by atoms with Crippen molar-refractivity contribution in [3.8, 4) is 0 Å². The van der Waals surface area contributed by atoms with Crippen LogP contribution in [0.1, 0.15) is 200 Å². The number of carbonyl (C=O) groups is 2. The van der Waals surface area contributed by atoms with Gasteiger partial charge in [-0.1, -0.05) is 171 Å². The van der Waals surface area contributed by atoms with Crippen molar-refractivity contribution in [1.29, 1.82) is 0 Å². The molecule has 0 aliphatic heterocycles. The molecule has 0 radical (unpaired) electrons. The molecule has 2 unspecified atom stereocenters. The number of hydrogen-bond donors (Lipinski definition) is 3. The summed E-state index contributed by atoms with van der Waals surface area (Å²) in [5.74, 6) is -0.190. The maximum Gasteiger partial charge on any atom is 0.305 e. The first-order valence-electron chi connectivity index (χ1n) is 22.1. The number of carbonyl (C=O) groups excluding carboxylic acids is 2. The van der Waals surface area contributed by atoms with Gasteiger partial charge in [0.05, 0.1) is 25.4 Å². The Labute approximate surface area is 327 Å². The molecule has 306 valence electrons. The number of hydrogen-bond acceptors (Lipinski definition) is 5. The van der Waals surface area contributed by atoms with E-state index in [-0.39, 0.29) is 18.5 Å². The summed E-state index contributed by atoms with van der Waals surface area (Å²) in [6.45, 7) is 4.71. The summed E-state index contributed by atoms with van der Waals surface area (Å²) in [5.41, 5.74) is 0. The van der Waals surface area contributed by atoms with E-state index in [4.69, 9.17) is 4.74 Å². The molecule has 0 heterocycles. The quantitative estimate of drug-likeness (QED) is 0.0331. The summed E-state index contributed by atoms with van der Waals surface area (Å²) in [5, 5.41) is 22.8. The first-order valence-corrected chi connectivity index (χ1v) is 22.1. The third-order valence-corrected chi connectivity index (χ3v) is 9.50. The fourth-order valence-electron chi connectivity index (χ4n) is 6.07. The molecular formula is C47H83NO5. The van der Waals surface area contributed by atoms with Gasteiger partial charge in [-0.2, -0.15) is 0 Å². The molecule has 0 aromatic heterocycles. The Bertz CT molecular complexity index is 953. The lowest BCUT2D eigenvalue weighted by Gasteiger charge is -2.19. The van der Waals surface area contributed by atoms with Crippen LogP contribution in [-0.2, 0) is 14.3 Å². The molecule has 0 aliphatic carbocycles. The van der Waals surface area contributed by atoms with Crippen molar-refractivity contribution in [2.45, 2.75) is 212 Å².